The van der Waals surface area contributed by atoms with Gasteiger partial charge in [0.05, 0.1) is 39.8 Å². The fraction of sp³-hybridized carbons (Fsp3) is 0.727. The number of carboxylic acids is 1. The summed E-state index contributed by atoms with van der Waals surface area (Å²) < 4.78 is 11.0. The van der Waals surface area contributed by atoms with Crippen molar-refractivity contribution in [3.8, 4) is 0 Å². The number of allylic oxidation sites excluding steroid dienone is 1. The molecular weight excluding hydrogens is 257 g/mol. The van der Waals surface area contributed by atoms with Gasteiger partial charge in [0.25, 0.3) is 0 Å². The lowest BCUT2D eigenvalue weighted by Crippen LogP contribution is -2.36. The van der Waals surface area contributed by atoms with E-state index in [2.05, 4.69) is 0 Å². The molecule has 0 saturated heterocycles. The van der Waals surface area contributed by atoms with Gasteiger partial charge in [-0.3, -0.25) is 4.57 Å². The average molecular weight is 281 g/mol. The van der Waals surface area contributed by atoms with E-state index < -0.39 is 13.6 Å². The zero-order chi connectivity index (χ0) is 15.0. The third kappa shape index (κ3) is 17.7. The quantitative estimate of drug-likeness (QED) is 0.419. The Labute approximate surface area is 109 Å². The minimum Gasteiger partial charge on any atom is -0.545 e. The second-order valence-electron chi connectivity index (χ2n) is 4.99. The van der Waals surface area contributed by atoms with Crippen LogP contribution >= 0.6 is 7.60 Å². The van der Waals surface area contributed by atoms with E-state index in [0.29, 0.717) is 16.6 Å². The van der Waals surface area contributed by atoms with Gasteiger partial charge in [-0.15, -0.1) is 0 Å². The third-order valence-electron chi connectivity index (χ3n) is 1.89. The molecular formula is C11H24NO5P. The van der Waals surface area contributed by atoms with Crippen molar-refractivity contribution in [1.29, 1.82) is 0 Å². The van der Waals surface area contributed by atoms with Gasteiger partial charge in [-0.05, 0) is 18.9 Å². The van der Waals surface area contributed by atoms with E-state index in [-0.39, 0.29) is 6.16 Å². The van der Waals surface area contributed by atoms with Gasteiger partial charge in [-0.1, -0.05) is 13.0 Å². The predicted molar refractivity (Wildman–Crippen MR) is 68.9 cm³/mol. The highest BCUT2D eigenvalue weighted by atomic mass is 31.2. The van der Waals surface area contributed by atoms with Crippen molar-refractivity contribution in [2.45, 2.75) is 20.3 Å². The molecule has 7 heteroatoms. The first-order valence-corrected chi connectivity index (χ1v) is 7.42. The fourth-order valence-electron chi connectivity index (χ4n) is 0.820. The standard InChI is InChI=1S/C6H10O2.C5H14NO3P/c1-3-4-5(2)6(7)8;1-6(2,3)4-5-10(7,8)9/h4H,3H2,1-2H3,(H,7,8);4-5H2,1-3H3,(H-,7,8,9). The Kier molecular flexibility index (Phi) is 9.20. The summed E-state index contributed by atoms with van der Waals surface area (Å²) in [7, 11) is 1.92. The summed E-state index contributed by atoms with van der Waals surface area (Å²) in [6.45, 7) is 3.91. The lowest BCUT2D eigenvalue weighted by atomic mass is 10.2. The van der Waals surface area contributed by atoms with Gasteiger partial charge in [-0.2, -0.15) is 0 Å². The first kappa shape index (κ1) is 19.7. The van der Waals surface area contributed by atoms with Crippen LogP contribution in [0.5, 0.6) is 0 Å². The van der Waals surface area contributed by atoms with Crippen LogP contribution in [0.3, 0.4) is 0 Å². The lowest BCUT2D eigenvalue weighted by molar-refractivity contribution is -0.867. The van der Waals surface area contributed by atoms with Crippen molar-refractivity contribution in [2.24, 2.45) is 0 Å². The molecule has 0 rings (SSSR count). The fourth-order valence-corrected chi connectivity index (χ4v) is 1.68. The lowest BCUT2D eigenvalue weighted by Gasteiger charge is -2.23. The van der Waals surface area contributed by atoms with Crippen LogP contribution in [0.25, 0.3) is 0 Å². The molecule has 0 amide bonds. The first-order chi connectivity index (χ1) is 7.89. The number of carboxylic acid groups (broad SMARTS) is 1. The number of carbonyl (C=O) groups is 1. The Bertz CT molecular complexity index is 327. The highest BCUT2D eigenvalue weighted by molar-refractivity contribution is 7.51. The summed E-state index contributed by atoms with van der Waals surface area (Å²) in [5.74, 6) is -1.08. The smallest absolute Gasteiger partial charge is 0.331 e. The zero-order valence-electron chi connectivity index (χ0n) is 11.7. The van der Waals surface area contributed by atoms with Crippen molar-refractivity contribution in [2.75, 3.05) is 33.8 Å². The van der Waals surface area contributed by atoms with Crippen molar-refractivity contribution in [3.05, 3.63) is 11.6 Å². The first-order valence-electron chi connectivity index (χ1n) is 5.62. The van der Waals surface area contributed by atoms with Crippen LogP contribution in [0, 0.1) is 0 Å². The highest BCUT2D eigenvalue weighted by Gasteiger charge is 2.18. The minimum atomic E-state index is -3.78. The van der Waals surface area contributed by atoms with Gasteiger partial charge in [0.15, 0.2) is 0 Å². The molecule has 0 unspecified atom stereocenters. The van der Waals surface area contributed by atoms with E-state index in [1.54, 1.807) is 6.08 Å². The van der Waals surface area contributed by atoms with Crippen molar-refractivity contribution >= 4 is 13.6 Å². The Hall–Kier alpha value is -0.680. The molecule has 0 aromatic heterocycles. The molecule has 6 nitrogen and oxygen atoms in total. The highest BCUT2D eigenvalue weighted by Crippen LogP contribution is 2.33. The second-order valence-corrected chi connectivity index (χ2v) is 6.76. The Morgan fingerprint density at radius 2 is 1.78 bits per heavy atom. The van der Waals surface area contributed by atoms with E-state index in [4.69, 9.17) is 9.79 Å². The number of aliphatic carboxylic acids is 1. The summed E-state index contributed by atoms with van der Waals surface area (Å²) in [6, 6.07) is 0. The second kappa shape index (κ2) is 8.43. The molecule has 18 heavy (non-hydrogen) atoms. The molecule has 0 bridgehead atoms. The minimum absolute atomic E-state index is 0.0312. The predicted octanol–water partition coefficient (Wildman–Crippen LogP) is -0.0371. The van der Waals surface area contributed by atoms with Crippen LogP contribution in [0.15, 0.2) is 11.6 Å². The summed E-state index contributed by atoms with van der Waals surface area (Å²) in [5, 5.41) is 9.91. The topological polar surface area (TPSA) is 97.7 Å². The van der Waals surface area contributed by atoms with E-state index in [1.807, 2.05) is 28.1 Å². The third-order valence-corrected chi connectivity index (χ3v) is 2.68. The van der Waals surface area contributed by atoms with Gasteiger partial charge >= 0.3 is 7.60 Å². The summed E-state index contributed by atoms with van der Waals surface area (Å²) >= 11 is 0. The Morgan fingerprint density at radius 1 is 1.33 bits per heavy atom. The molecule has 2 N–H and O–H groups in total. The monoisotopic (exact) mass is 281 g/mol. The van der Waals surface area contributed by atoms with Crippen molar-refractivity contribution in [1.82, 2.24) is 0 Å². The maximum Gasteiger partial charge on any atom is 0.331 e. The zero-order valence-corrected chi connectivity index (χ0v) is 12.6. The summed E-state index contributed by atoms with van der Waals surface area (Å²) in [6.07, 6.45) is 2.34. The summed E-state index contributed by atoms with van der Waals surface area (Å²) in [5.41, 5.74) is 0.313. The molecule has 0 aliphatic heterocycles. The average Bonchev–Trinajstić information content (AvgIpc) is 2.14. The number of rotatable bonds is 5. The van der Waals surface area contributed by atoms with Crippen LogP contribution in [0.2, 0.25) is 0 Å². The molecule has 0 aliphatic rings. The number of nitrogens with zero attached hydrogens (tertiary/aromatic N) is 1. The van der Waals surface area contributed by atoms with Gasteiger partial charge in [0, 0.05) is 0 Å². The molecule has 0 aromatic rings. The van der Waals surface area contributed by atoms with E-state index >= 15 is 0 Å². The van der Waals surface area contributed by atoms with Crippen molar-refractivity contribution in [3.63, 3.8) is 0 Å². The van der Waals surface area contributed by atoms with E-state index in [9.17, 15) is 14.5 Å². The van der Waals surface area contributed by atoms with Crippen LogP contribution in [0.1, 0.15) is 20.3 Å². The molecule has 108 valence electrons. The number of hydrogen-bond acceptors (Lipinski definition) is 3. The van der Waals surface area contributed by atoms with Crippen LogP contribution in [0.4, 0.5) is 0 Å². The maximum absolute atomic E-state index is 10.4. The van der Waals surface area contributed by atoms with E-state index in [1.165, 1.54) is 6.92 Å². The molecule has 0 aromatic carbocycles. The largest absolute Gasteiger partial charge is 0.545 e. The molecule has 0 spiro atoms. The molecule has 0 saturated carbocycles. The van der Waals surface area contributed by atoms with Crippen molar-refractivity contribution < 1.29 is 28.7 Å². The molecule has 0 heterocycles. The summed E-state index contributed by atoms with van der Waals surface area (Å²) in [4.78, 5) is 26.9. The van der Waals surface area contributed by atoms with Gasteiger partial charge in [0.2, 0.25) is 0 Å². The van der Waals surface area contributed by atoms with E-state index in [0.717, 1.165) is 6.42 Å². The van der Waals surface area contributed by atoms with Crippen LogP contribution in [-0.4, -0.2) is 54.1 Å². The Balaban J connectivity index is 0. The molecule has 0 atom stereocenters. The molecule has 0 radical (unpaired) electrons. The van der Waals surface area contributed by atoms with Gasteiger partial charge < -0.3 is 24.2 Å². The maximum atomic E-state index is 10.4. The van der Waals surface area contributed by atoms with Gasteiger partial charge in [0.1, 0.15) is 0 Å². The number of quaternary nitrogens is 1. The number of carbonyl (C=O) groups excluding carboxylic acids is 1. The van der Waals surface area contributed by atoms with Crippen LogP contribution < -0.4 is 5.11 Å². The van der Waals surface area contributed by atoms with Gasteiger partial charge in [-0.25, -0.2) is 0 Å². The normalized spacial score (nSPS) is 12.7. The Morgan fingerprint density at radius 3 is 1.89 bits per heavy atom. The van der Waals surface area contributed by atoms with Crippen LogP contribution in [-0.2, 0) is 9.36 Å². The number of hydrogen-bond donors (Lipinski definition) is 2. The molecule has 0 aliphatic carbocycles. The molecule has 0 fully saturated rings. The SMILES string of the molecule is CCC=C(C)C(=O)[O-].C[N+](C)(C)CCP(=O)(O)O.